The number of aromatic hydroxyl groups is 2. The van der Waals surface area contributed by atoms with Crippen molar-refractivity contribution in [2.24, 2.45) is 5.73 Å². The summed E-state index contributed by atoms with van der Waals surface area (Å²) in [5, 5.41) is 20.1. The second kappa shape index (κ2) is 6.41. The molecule has 1 saturated carbocycles. The predicted octanol–water partition coefficient (Wildman–Crippen LogP) is 4.27. The lowest BCUT2D eigenvalue weighted by Crippen LogP contribution is -2.07. The van der Waals surface area contributed by atoms with Crippen LogP contribution >= 0.6 is 0 Å². The van der Waals surface area contributed by atoms with E-state index in [0.29, 0.717) is 18.2 Å². The van der Waals surface area contributed by atoms with Crippen molar-refractivity contribution in [3.05, 3.63) is 47.5 Å². The molecule has 0 radical (unpaired) electrons. The highest BCUT2D eigenvalue weighted by Gasteiger charge is 2.20. The van der Waals surface area contributed by atoms with E-state index in [0.717, 1.165) is 35.1 Å². The molecule has 0 bridgehead atoms. The fourth-order valence-corrected chi connectivity index (χ4v) is 3.50. The van der Waals surface area contributed by atoms with E-state index in [-0.39, 0.29) is 5.75 Å². The first-order valence-electron chi connectivity index (χ1n) is 8.04. The van der Waals surface area contributed by atoms with E-state index in [4.69, 9.17) is 5.73 Å². The van der Waals surface area contributed by atoms with E-state index < -0.39 is 0 Å². The average molecular weight is 297 g/mol. The summed E-state index contributed by atoms with van der Waals surface area (Å²) in [5.74, 6) is 1.03. The number of rotatable bonds is 3. The van der Waals surface area contributed by atoms with E-state index in [1.807, 2.05) is 12.1 Å². The quantitative estimate of drug-likeness (QED) is 0.792. The van der Waals surface area contributed by atoms with Gasteiger partial charge in [-0.25, -0.2) is 0 Å². The van der Waals surface area contributed by atoms with Crippen LogP contribution in [-0.4, -0.2) is 10.2 Å². The molecule has 1 fully saturated rings. The minimum Gasteiger partial charge on any atom is -0.508 e. The topological polar surface area (TPSA) is 66.5 Å². The summed E-state index contributed by atoms with van der Waals surface area (Å²) in [6, 6.07) is 11.1. The van der Waals surface area contributed by atoms with Crippen LogP contribution in [0, 0.1) is 0 Å². The Morgan fingerprint density at radius 3 is 2.45 bits per heavy atom. The highest BCUT2D eigenvalue weighted by atomic mass is 16.3. The predicted molar refractivity (Wildman–Crippen MR) is 88.9 cm³/mol. The molecular weight excluding hydrogens is 274 g/mol. The summed E-state index contributed by atoms with van der Waals surface area (Å²) in [7, 11) is 0. The number of nitrogens with two attached hydrogens (primary N) is 1. The van der Waals surface area contributed by atoms with Crippen molar-refractivity contribution in [1.29, 1.82) is 0 Å². The van der Waals surface area contributed by atoms with E-state index >= 15 is 0 Å². The minimum atomic E-state index is 0.243. The molecule has 0 saturated heterocycles. The largest absolute Gasteiger partial charge is 0.508 e. The first kappa shape index (κ1) is 14.9. The Labute approximate surface area is 131 Å². The van der Waals surface area contributed by atoms with Crippen LogP contribution < -0.4 is 5.73 Å². The molecule has 2 aromatic carbocycles. The van der Waals surface area contributed by atoms with Gasteiger partial charge in [-0.1, -0.05) is 31.4 Å². The van der Waals surface area contributed by atoms with Gasteiger partial charge in [0.25, 0.3) is 0 Å². The molecule has 0 heterocycles. The van der Waals surface area contributed by atoms with Gasteiger partial charge in [0.1, 0.15) is 11.5 Å². The van der Waals surface area contributed by atoms with Crippen molar-refractivity contribution < 1.29 is 10.2 Å². The van der Waals surface area contributed by atoms with E-state index in [9.17, 15) is 10.2 Å². The summed E-state index contributed by atoms with van der Waals surface area (Å²) >= 11 is 0. The lowest BCUT2D eigenvalue weighted by molar-refractivity contribution is 0.414. The fraction of sp³-hybridized carbons (Fsp3) is 0.368. The van der Waals surface area contributed by atoms with Gasteiger partial charge < -0.3 is 15.9 Å². The van der Waals surface area contributed by atoms with Gasteiger partial charge in [-0.3, -0.25) is 0 Å². The monoisotopic (exact) mass is 297 g/mol. The maximum absolute atomic E-state index is 10.4. The number of phenols is 2. The van der Waals surface area contributed by atoms with Gasteiger partial charge in [0.05, 0.1) is 0 Å². The van der Waals surface area contributed by atoms with Crippen LogP contribution in [0.1, 0.15) is 49.1 Å². The molecule has 1 aliphatic rings. The minimum absolute atomic E-state index is 0.243. The van der Waals surface area contributed by atoms with Crippen LogP contribution in [-0.2, 0) is 6.54 Å². The lowest BCUT2D eigenvalue weighted by Gasteiger charge is -2.24. The van der Waals surface area contributed by atoms with Crippen molar-refractivity contribution in [3.63, 3.8) is 0 Å². The molecule has 0 atom stereocenters. The molecule has 22 heavy (non-hydrogen) atoms. The highest BCUT2D eigenvalue weighted by molar-refractivity contribution is 5.71. The molecule has 0 aliphatic heterocycles. The maximum Gasteiger partial charge on any atom is 0.119 e. The van der Waals surface area contributed by atoms with Crippen molar-refractivity contribution in [2.45, 2.75) is 44.6 Å². The van der Waals surface area contributed by atoms with Gasteiger partial charge in [0.2, 0.25) is 0 Å². The molecule has 2 aromatic rings. The van der Waals surface area contributed by atoms with Crippen LogP contribution in [0.3, 0.4) is 0 Å². The second-order valence-corrected chi connectivity index (χ2v) is 6.16. The number of hydrogen-bond donors (Lipinski definition) is 3. The summed E-state index contributed by atoms with van der Waals surface area (Å²) in [6.07, 6.45) is 6.01. The van der Waals surface area contributed by atoms with E-state index in [1.165, 1.54) is 19.3 Å². The first-order valence-corrected chi connectivity index (χ1v) is 8.04. The SMILES string of the molecule is NCc1cc(O)c(C2CCCCC2)cc1-c1cccc(O)c1. The van der Waals surface area contributed by atoms with Gasteiger partial charge in [-0.15, -0.1) is 0 Å². The third kappa shape index (κ3) is 2.95. The van der Waals surface area contributed by atoms with Crippen molar-refractivity contribution >= 4 is 0 Å². The van der Waals surface area contributed by atoms with E-state index in [1.54, 1.807) is 18.2 Å². The Hall–Kier alpha value is -2.00. The molecule has 1 aliphatic carbocycles. The average Bonchev–Trinajstić information content (AvgIpc) is 2.55. The lowest BCUT2D eigenvalue weighted by atomic mass is 9.82. The Balaban J connectivity index is 2.07. The number of benzene rings is 2. The third-order valence-electron chi connectivity index (χ3n) is 4.67. The Morgan fingerprint density at radius 1 is 1.00 bits per heavy atom. The summed E-state index contributed by atoms with van der Waals surface area (Å²) < 4.78 is 0. The molecule has 4 N–H and O–H groups in total. The van der Waals surface area contributed by atoms with Crippen LogP contribution in [0.4, 0.5) is 0 Å². The van der Waals surface area contributed by atoms with Gasteiger partial charge in [0, 0.05) is 6.54 Å². The van der Waals surface area contributed by atoms with Gasteiger partial charge in [0.15, 0.2) is 0 Å². The zero-order valence-electron chi connectivity index (χ0n) is 12.8. The van der Waals surface area contributed by atoms with Crippen molar-refractivity contribution in [3.8, 4) is 22.6 Å². The Kier molecular flexibility index (Phi) is 4.34. The molecule has 0 aromatic heterocycles. The standard InChI is InChI=1S/C19H23NO2/c20-12-15-10-19(22)18(13-5-2-1-3-6-13)11-17(15)14-7-4-8-16(21)9-14/h4,7-11,13,21-22H,1-3,5-6,12,20H2. The Morgan fingerprint density at radius 2 is 1.77 bits per heavy atom. The van der Waals surface area contributed by atoms with Gasteiger partial charge in [-0.2, -0.15) is 0 Å². The second-order valence-electron chi connectivity index (χ2n) is 6.16. The van der Waals surface area contributed by atoms with Crippen LogP contribution in [0.15, 0.2) is 36.4 Å². The fourth-order valence-electron chi connectivity index (χ4n) is 3.50. The van der Waals surface area contributed by atoms with Crippen molar-refractivity contribution in [2.75, 3.05) is 0 Å². The van der Waals surface area contributed by atoms with Crippen LogP contribution in [0.25, 0.3) is 11.1 Å². The molecule has 0 unspecified atom stereocenters. The number of hydrogen-bond acceptors (Lipinski definition) is 3. The zero-order valence-corrected chi connectivity index (χ0v) is 12.8. The Bertz CT molecular complexity index is 660. The molecule has 3 rings (SSSR count). The van der Waals surface area contributed by atoms with Gasteiger partial charge in [-0.05, 0) is 65.3 Å². The summed E-state index contributed by atoms with van der Waals surface area (Å²) in [6.45, 7) is 0.365. The van der Waals surface area contributed by atoms with E-state index in [2.05, 4.69) is 6.07 Å². The number of phenolic OH excluding ortho intramolecular Hbond substituents is 2. The normalized spacial score (nSPS) is 15.9. The molecule has 0 amide bonds. The highest BCUT2D eigenvalue weighted by Crippen LogP contribution is 2.40. The molecule has 3 heteroatoms. The van der Waals surface area contributed by atoms with Gasteiger partial charge >= 0.3 is 0 Å². The van der Waals surface area contributed by atoms with Crippen molar-refractivity contribution in [1.82, 2.24) is 0 Å². The smallest absolute Gasteiger partial charge is 0.119 e. The summed E-state index contributed by atoms with van der Waals surface area (Å²) in [4.78, 5) is 0. The zero-order chi connectivity index (χ0) is 15.5. The summed E-state index contributed by atoms with van der Waals surface area (Å²) in [5.41, 5.74) is 9.73. The first-order chi connectivity index (χ1) is 10.7. The molecule has 116 valence electrons. The third-order valence-corrected chi connectivity index (χ3v) is 4.67. The van der Waals surface area contributed by atoms with Crippen LogP contribution in [0.5, 0.6) is 11.5 Å². The maximum atomic E-state index is 10.4. The molecule has 3 nitrogen and oxygen atoms in total. The molecular formula is C19H23NO2. The van der Waals surface area contributed by atoms with Crippen LogP contribution in [0.2, 0.25) is 0 Å². The molecule has 0 spiro atoms.